The van der Waals surface area contributed by atoms with Crippen LogP contribution in [0.1, 0.15) is 10.4 Å². The van der Waals surface area contributed by atoms with Crippen molar-refractivity contribution in [1.29, 1.82) is 0 Å². The molecule has 20 heavy (non-hydrogen) atoms. The Hall–Kier alpha value is -1.07. The fraction of sp³-hybridized carbons (Fsp3) is 0.0714. The third kappa shape index (κ3) is 3.96. The van der Waals surface area contributed by atoms with E-state index in [9.17, 15) is 18.0 Å². The van der Waals surface area contributed by atoms with Gasteiger partial charge in [-0.15, -0.1) is 0 Å². The molecule has 0 aromatic heterocycles. The second kappa shape index (κ2) is 7.08. The summed E-state index contributed by atoms with van der Waals surface area (Å²) in [5.41, 5.74) is -0.774. The molecule has 0 N–H and O–H groups in total. The van der Waals surface area contributed by atoms with Gasteiger partial charge in [-0.1, -0.05) is 60.7 Å². The minimum atomic E-state index is -4.54. The van der Waals surface area contributed by atoms with Gasteiger partial charge in [-0.2, -0.15) is 13.2 Å². The maximum absolute atomic E-state index is 13.1. The zero-order valence-corrected chi connectivity index (χ0v) is 10.7. The second-order valence-corrected chi connectivity index (χ2v) is 5.91. The normalized spacial score (nSPS) is 12.3. The number of hydrogen-bond acceptors (Lipinski definition) is 1. The standard InChI is InChI=1S/C14H10F3OP.Li.H/c15-14(16,17)19(12-9-5-2-6-10-12)13(18)11-7-3-1-4-8-11;;/h1-10H;;. The number of benzene rings is 2. The van der Waals surface area contributed by atoms with Crippen molar-refractivity contribution in [3.63, 3.8) is 0 Å². The molecule has 0 spiro atoms. The molecule has 0 aliphatic rings. The Morgan fingerprint density at radius 3 is 1.75 bits per heavy atom. The summed E-state index contributed by atoms with van der Waals surface area (Å²) in [5, 5.41) is 0.0267. The van der Waals surface area contributed by atoms with Crippen LogP contribution in [-0.4, -0.2) is 30.3 Å². The van der Waals surface area contributed by atoms with E-state index in [0.717, 1.165) is 0 Å². The van der Waals surface area contributed by atoms with E-state index in [4.69, 9.17) is 0 Å². The van der Waals surface area contributed by atoms with Crippen LogP contribution in [0.2, 0.25) is 0 Å². The van der Waals surface area contributed by atoms with Crippen LogP contribution in [0, 0.1) is 0 Å². The van der Waals surface area contributed by atoms with Gasteiger partial charge in [0.15, 0.2) is 5.52 Å². The van der Waals surface area contributed by atoms with Gasteiger partial charge in [-0.25, -0.2) is 0 Å². The molecular formula is C14H11F3LiOP. The molecule has 2 aromatic rings. The molecule has 0 heterocycles. The Morgan fingerprint density at radius 2 is 1.30 bits per heavy atom. The molecule has 2 rings (SSSR count). The van der Waals surface area contributed by atoms with Crippen molar-refractivity contribution in [3.05, 3.63) is 66.2 Å². The predicted molar refractivity (Wildman–Crippen MR) is 77.0 cm³/mol. The molecule has 0 radical (unpaired) electrons. The number of rotatable bonds is 3. The van der Waals surface area contributed by atoms with Crippen LogP contribution < -0.4 is 5.30 Å². The summed E-state index contributed by atoms with van der Waals surface area (Å²) in [6, 6.07) is 14.9. The van der Waals surface area contributed by atoms with Crippen LogP contribution in [0.3, 0.4) is 0 Å². The molecule has 0 fully saturated rings. The quantitative estimate of drug-likeness (QED) is 0.624. The molecule has 2 aromatic carbocycles. The number of halogens is 3. The first kappa shape index (κ1) is 17.0. The molecular weight excluding hydrogens is 279 g/mol. The number of hydrogen-bond donors (Lipinski definition) is 0. The van der Waals surface area contributed by atoms with Gasteiger partial charge in [0.25, 0.3) is 0 Å². The SMILES string of the molecule is O=C(c1ccccc1)P(c1ccccc1)C(F)(F)F.[LiH]. The monoisotopic (exact) mass is 290 g/mol. The predicted octanol–water partition coefficient (Wildman–Crippen LogP) is 3.51. The summed E-state index contributed by atoms with van der Waals surface area (Å²) in [4.78, 5) is 12.1. The van der Waals surface area contributed by atoms with Crippen LogP contribution in [0.15, 0.2) is 60.7 Å². The van der Waals surface area contributed by atoms with E-state index in [-0.39, 0.29) is 29.7 Å². The second-order valence-electron chi connectivity index (χ2n) is 3.81. The third-order valence-corrected chi connectivity index (χ3v) is 4.48. The van der Waals surface area contributed by atoms with Crippen molar-refractivity contribution in [1.82, 2.24) is 0 Å². The molecule has 100 valence electrons. The summed E-state index contributed by atoms with van der Waals surface area (Å²) >= 11 is 0. The molecule has 0 aliphatic heterocycles. The van der Waals surface area contributed by atoms with E-state index < -0.39 is 19.4 Å². The van der Waals surface area contributed by atoms with E-state index in [0.29, 0.717) is 0 Å². The fourth-order valence-electron chi connectivity index (χ4n) is 1.67. The first-order chi connectivity index (χ1) is 9.00. The van der Waals surface area contributed by atoms with E-state index in [2.05, 4.69) is 0 Å². The van der Waals surface area contributed by atoms with E-state index >= 15 is 0 Å². The molecule has 0 bridgehead atoms. The van der Waals surface area contributed by atoms with Gasteiger partial charge in [0, 0.05) is 5.56 Å². The zero-order chi connectivity index (χ0) is 13.9. The summed E-state index contributed by atoms with van der Waals surface area (Å²) in [6.07, 6.45) is 0. The minimum absolute atomic E-state index is 0. The summed E-state index contributed by atoms with van der Waals surface area (Å²) < 4.78 is 39.4. The molecule has 0 saturated heterocycles. The molecule has 0 aliphatic carbocycles. The van der Waals surface area contributed by atoms with Crippen molar-refractivity contribution in [2.75, 3.05) is 0 Å². The van der Waals surface area contributed by atoms with E-state index in [1.165, 1.54) is 36.4 Å². The Labute approximate surface area is 128 Å². The van der Waals surface area contributed by atoms with Gasteiger partial charge < -0.3 is 0 Å². The van der Waals surface area contributed by atoms with E-state index in [1.54, 1.807) is 24.3 Å². The molecule has 6 heteroatoms. The van der Waals surface area contributed by atoms with Gasteiger partial charge in [-0.3, -0.25) is 4.79 Å². The maximum atomic E-state index is 13.1. The number of carbonyl (C=O) groups excluding carboxylic acids is 1. The van der Waals surface area contributed by atoms with Crippen LogP contribution in [0.25, 0.3) is 0 Å². The number of alkyl halides is 3. The summed E-state index contributed by atoms with van der Waals surface area (Å²) in [7, 11) is -2.87. The van der Waals surface area contributed by atoms with Gasteiger partial charge >= 0.3 is 24.8 Å². The van der Waals surface area contributed by atoms with Crippen LogP contribution in [0.4, 0.5) is 13.2 Å². The van der Waals surface area contributed by atoms with Gasteiger partial charge in [-0.05, 0) is 5.30 Å². The Morgan fingerprint density at radius 1 is 0.850 bits per heavy atom. The van der Waals surface area contributed by atoms with Gasteiger partial charge in [0.2, 0.25) is 0 Å². The van der Waals surface area contributed by atoms with Gasteiger partial charge in [0.1, 0.15) is 7.92 Å². The summed E-state index contributed by atoms with van der Waals surface area (Å²) in [6.45, 7) is 0. The Bertz CT molecular complexity index is 558. The molecule has 1 unspecified atom stereocenters. The molecule has 1 atom stereocenters. The van der Waals surface area contributed by atoms with E-state index in [1.807, 2.05) is 0 Å². The molecule has 1 nitrogen and oxygen atoms in total. The average molecular weight is 290 g/mol. The topological polar surface area (TPSA) is 17.1 Å². The molecule has 0 amide bonds. The first-order valence-corrected chi connectivity index (χ1v) is 6.85. The average Bonchev–Trinajstić information content (AvgIpc) is 2.39. The molecule has 0 saturated carbocycles. The van der Waals surface area contributed by atoms with Crippen molar-refractivity contribution in [3.8, 4) is 0 Å². The Balaban J connectivity index is 0.00000200. The van der Waals surface area contributed by atoms with Crippen molar-refractivity contribution < 1.29 is 18.0 Å². The fourth-order valence-corrected chi connectivity index (χ4v) is 3.30. The van der Waals surface area contributed by atoms with Crippen LogP contribution in [-0.2, 0) is 0 Å². The van der Waals surface area contributed by atoms with Crippen LogP contribution in [0.5, 0.6) is 0 Å². The van der Waals surface area contributed by atoms with Crippen LogP contribution >= 0.6 is 7.92 Å². The zero-order valence-electron chi connectivity index (χ0n) is 9.76. The van der Waals surface area contributed by atoms with Crippen molar-refractivity contribution in [2.24, 2.45) is 0 Å². The third-order valence-electron chi connectivity index (χ3n) is 2.49. The van der Waals surface area contributed by atoms with Crippen molar-refractivity contribution in [2.45, 2.75) is 5.92 Å². The Kier molecular flexibility index (Phi) is 6.01. The van der Waals surface area contributed by atoms with Crippen molar-refractivity contribution >= 4 is 37.6 Å². The first-order valence-electron chi connectivity index (χ1n) is 5.51. The van der Waals surface area contributed by atoms with Gasteiger partial charge in [0.05, 0.1) is 0 Å². The number of carbonyl (C=O) groups is 1. The summed E-state index contributed by atoms with van der Waals surface area (Å²) in [5.74, 6) is -4.54.